The minimum atomic E-state index is -0.354. The zero-order valence-electron chi connectivity index (χ0n) is 18.6. The van der Waals surface area contributed by atoms with Crippen molar-refractivity contribution in [2.45, 2.75) is 33.4 Å². The largest absolute Gasteiger partial charge is 0.496 e. The molecule has 2 aromatic carbocycles. The summed E-state index contributed by atoms with van der Waals surface area (Å²) < 4.78 is 16.8. The first-order chi connectivity index (χ1) is 14.4. The molecule has 3 rings (SSSR count). The average Bonchev–Trinajstić information content (AvgIpc) is 2.74. The van der Waals surface area contributed by atoms with Crippen molar-refractivity contribution in [1.82, 2.24) is 0 Å². The minimum Gasteiger partial charge on any atom is -0.496 e. The lowest BCUT2D eigenvalue weighted by Gasteiger charge is -2.37. The highest BCUT2D eigenvalue weighted by atomic mass is 16.5. The maximum atomic E-state index is 9.63. The fourth-order valence-corrected chi connectivity index (χ4v) is 3.96. The molecule has 1 N–H and O–H groups in total. The lowest BCUT2D eigenvalue weighted by atomic mass is 9.89. The highest BCUT2D eigenvalue weighted by Crippen LogP contribution is 2.39. The molecule has 0 amide bonds. The van der Waals surface area contributed by atoms with Crippen molar-refractivity contribution in [2.75, 3.05) is 32.8 Å². The van der Waals surface area contributed by atoms with Gasteiger partial charge in [-0.2, -0.15) is 0 Å². The molecule has 1 aliphatic heterocycles. The van der Waals surface area contributed by atoms with E-state index in [9.17, 15) is 5.11 Å². The van der Waals surface area contributed by atoms with Crippen molar-refractivity contribution in [1.29, 1.82) is 0 Å². The van der Waals surface area contributed by atoms with Crippen LogP contribution in [0.5, 0.6) is 11.5 Å². The summed E-state index contributed by atoms with van der Waals surface area (Å²) in [6.07, 6.45) is 3.63. The Bertz CT molecular complexity index is 977. The van der Waals surface area contributed by atoms with Gasteiger partial charge < -0.3 is 24.2 Å². The first kappa shape index (κ1) is 21.9. The number of aryl methyl sites for hydroxylation is 2. The van der Waals surface area contributed by atoms with Gasteiger partial charge in [-0.15, -0.1) is 0 Å². The van der Waals surface area contributed by atoms with Gasteiger partial charge in [-0.1, -0.05) is 6.07 Å². The average molecular weight is 409 g/mol. The summed E-state index contributed by atoms with van der Waals surface area (Å²) in [7, 11) is 5.05. The van der Waals surface area contributed by atoms with Gasteiger partial charge in [-0.05, 0) is 85.4 Å². The number of rotatable bonds is 7. The topological polar surface area (TPSA) is 51.2 Å². The highest BCUT2D eigenvalue weighted by Gasteiger charge is 2.31. The van der Waals surface area contributed by atoms with E-state index in [2.05, 4.69) is 31.3 Å². The Morgan fingerprint density at radius 2 is 1.57 bits per heavy atom. The first-order valence-corrected chi connectivity index (χ1v) is 10.0. The van der Waals surface area contributed by atoms with Crippen LogP contribution in [0.25, 0.3) is 5.57 Å². The zero-order valence-corrected chi connectivity index (χ0v) is 18.6. The van der Waals surface area contributed by atoms with Gasteiger partial charge in [0.1, 0.15) is 11.5 Å². The molecular formula is C25H30NO4. The van der Waals surface area contributed by atoms with Crippen molar-refractivity contribution < 1.29 is 19.3 Å². The van der Waals surface area contributed by atoms with Crippen LogP contribution in [-0.2, 0) is 4.74 Å². The van der Waals surface area contributed by atoms with Crippen molar-refractivity contribution in [3.8, 4) is 11.5 Å². The first-order valence-electron chi connectivity index (χ1n) is 10.0. The lowest BCUT2D eigenvalue weighted by molar-refractivity contribution is 0.149. The Labute approximate surface area is 179 Å². The van der Waals surface area contributed by atoms with Crippen LogP contribution in [0.2, 0.25) is 0 Å². The summed E-state index contributed by atoms with van der Waals surface area (Å²) in [4.78, 5) is 2.00. The van der Waals surface area contributed by atoms with Gasteiger partial charge in [0.05, 0.1) is 20.4 Å². The van der Waals surface area contributed by atoms with E-state index in [1.54, 1.807) is 21.3 Å². The summed E-state index contributed by atoms with van der Waals surface area (Å²) in [6, 6.07) is 12.2. The molecule has 0 aromatic heterocycles. The van der Waals surface area contributed by atoms with E-state index < -0.39 is 0 Å². The monoisotopic (exact) mass is 408 g/mol. The van der Waals surface area contributed by atoms with Crippen molar-refractivity contribution in [3.05, 3.63) is 70.4 Å². The maximum absolute atomic E-state index is 9.63. The highest BCUT2D eigenvalue weighted by molar-refractivity contribution is 5.80. The van der Waals surface area contributed by atoms with Gasteiger partial charge in [0.25, 0.3) is 0 Å². The molecule has 0 spiro atoms. The van der Waals surface area contributed by atoms with Crippen LogP contribution >= 0.6 is 0 Å². The molecule has 0 saturated carbocycles. The molecule has 1 atom stereocenters. The van der Waals surface area contributed by atoms with Crippen LogP contribution in [0.4, 0.5) is 5.69 Å². The van der Waals surface area contributed by atoms with Gasteiger partial charge in [0.2, 0.25) is 0 Å². The third-order valence-electron chi connectivity index (χ3n) is 5.54. The number of allylic oxidation sites excluding steroid dienone is 1. The van der Waals surface area contributed by atoms with E-state index in [4.69, 9.17) is 14.2 Å². The fraction of sp³-hybridized carbons (Fsp3) is 0.360. The Morgan fingerprint density at radius 3 is 2.10 bits per heavy atom. The van der Waals surface area contributed by atoms with Gasteiger partial charge in [0, 0.05) is 25.0 Å². The Morgan fingerprint density at radius 1 is 0.933 bits per heavy atom. The molecule has 159 valence electrons. The van der Waals surface area contributed by atoms with Crippen LogP contribution in [0.3, 0.4) is 0 Å². The van der Waals surface area contributed by atoms with Crippen LogP contribution in [-0.4, -0.2) is 39.3 Å². The second-order valence-corrected chi connectivity index (χ2v) is 7.40. The van der Waals surface area contributed by atoms with Crippen molar-refractivity contribution >= 4 is 11.3 Å². The predicted molar refractivity (Wildman–Crippen MR) is 120 cm³/mol. The number of aliphatic hydroxyl groups excluding tert-OH is 1. The normalized spacial score (nSPS) is 16.6. The second kappa shape index (κ2) is 9.37. The molecule has 0 fully saturated rings. The summed E-state index contributed by atoms with van der Waals surface area (Å²) in [5.41, 5.74) is 7.18. The minimum absolute atomic E-state index is 0.0573. The summed E-state index contributed by atoms with van der Waals surface area (Å²) >= 11 is 0. The third-order valence-corrected chi connectivity index (χ3v) is 5.54. The molecule has 5 nitrogen and oxygen atoms in total. The molecule has 1 radical (unpaired) electrons. The molecular weight excluding hydrogens is 378 g/mol. The quantitative estimate of drug-likeness (QED) is 0.722. The molecule has 0 aliphatic carbocycles. The van der Waals surface area contributed by atoms with Gasteiger partial charge in [0.15, 0.2) is 6.23 Å². The van der Waals surface area contributed by atoms with E-state index in [0.29, 0.717) is 6.42 Å². The molecule has 5 heteroatoms. The Balaban J connectivity index is 2.15. The Kier molecular flexibility index (Phi) is 6.85. The molecule has 2 aromatic rings. The molecule has 1 unspecified atom stereocenters. The molecule has 0 saturated heterocycles. The Hall–Kier alpha value is -2.76. The number of hydrogen-bond donors (Lipinski definition) is 1. The standard InChI is InChI=1S/C25H30NO4/c1-16-13-19(7-9-22(16)28-4)24-18(3)20(11-12-27)15-26(25(24)30-6)21-8-10-23(29-5)17(2)14-21/h7-10,13-14,25,27H,11-12H2,1-6H3. The molecule has 1 aliphatic rings. The van der Waals surface area contributed by atoms with Gasteiger partial charge >= 0.3 is 0 Å². The van der Waals surface area contributed by atoms with E-state index in [0.717, 1.165) is 50.6 Å². The fourth-order valence-electron chi connectivity index (χ4n) is 3.96. The number of methoxy groups -OCH3 is 3. The van der Waals surface area contributed by atoms with E-state index in [-0.39, 0.29) is 12.8 Å². The van der Waals surface area contributed by atoms with E-state index >= 15 is 0 Å². The van der Waals surface area contributed by atoms with Crippen LogP contribution in [0.15, 0.2) is 47.5 Å². The third kappa shape index (κ3) is 4.09. The smallest absolute Gasteiger partial charge is 0.161 e. The van der Waals surface area contributed by atoms with Crippen LogP contribution in [0.1, 0.15) is 30.0 Å². The van der Waals surface area contributed by atoms with Gasteiger partial charge in [-0.3, -0.25) is 0 Å². The second-order valence-electron chi connectivity index (χ2n) is 7.40. The number of benzene rings is 2. The number of nitrogens with zero attached hydrogens (tertiary/aromatic N) is 1. The number of anilines is 1. The molecule has 0 bridgehead atoms. The number of ether oxygens (including phenoxy) is 3. The molecule has 1 heterocycles. The summed E-state index contributed by atoms with van der Waals surface area (Å²) in [5, 5.41) is 9.63. The van der Waals surface area contributed by atoms with Gasteiger partial charge in [-0.25, -0.2) is 0 Å². The summed E-state index contributed by atoms with van der Waals surface area (Å²) in [6.45, 7) is 6.17. The lowest BCUT2D eigenvalue weighted by Crippen LogP contribution is -2.37. The van der Waals surface area contributed by atoms with Crippen molar-refractivity contribution in [2.24, 2.45) is 0 Å². The van der Waals surface area contributed by atoms with E-state index in [1.807, 2.05) is 36.9 Å². The van der Waals surface area contributed by atoms with Crippen LogP contribution in [0, 0.1) is 20.0 Å². The zero-order chi connectivity index (χ0) is 21.8. The predicted octanol–water partition coefficient (Wildman–Crippen LogP) is 4.66. The van der Waals surface area contributed by atoms with Crippen LogP contribution < -0.4 is 14.4 Å². The molecule has 30 heavy (non-hydrogen) atoms. The maximum Gasteiger partial charge on any atom is 0.161 e. The number of hydrogen-bond acceptors (Lipinski definition) is 5. The number of aliphatic hydroxyl groups is 1. The van der Waals surface area contributed by atoms with Crippen molar-refractivity contribution in [3.63, 3.8) is 0 Å². The SMILES string of the molecule is COc1ccc(C2=C(C)C(CCO)=[C]N(c3ccc(OC)c(C)c3)C2OC)cc1C. The van der Waals surface area contributed by atoms with E-state index in [1.165, 1.54) is 0 Å². The summed E-state index contributed by atoms with van der Waals surface area (Å²) in [5.74, 6) is 1.68.